The number of nitrogens with two attached hydrogens (primary N) is 1. The molecule has 0 aliphatic carbocycles. The van der Waals surface area contributed by atoms with Gasteiger partial charge in [0.1, 0.15) is 17.8 Å². The smallest absolute Gasteiger partial charge is 0.250 e. The van der Waals surface area contributed by atoms with Crippen LogP contribution in [-0.4, -0.2) is 64.0 Å². The fourth-order valence-corrected chi connectivity index (χ4v) is 5.15. The lowest BCUT2D eigenvalue weighted by Crippen LogP contribution is -2.54. The number of ether oxygens (including phenoxy) is 1. The summed E-state index contributed by atoms with van der Waals surface area (Å²) in [6.07, 6.45) is 7.01. The zero-order valence-electron chi connectivity index (χ0n) is 25.6. The molecule has 230 valence electrons. The maximum atomic E-state index is 13.8. The number of rotatable bonds is 12. The van der Waals surface area contributed by atoms with Crippen LogP contribution in [0.25, 0.3) is 0 Å². The van der Waals surface area contributed by atoms with Crippen LogP contribution in [0, 0.1) is 5.92 Å². The Kier molecular flexibility index (Phi) is 10.6. The number of imidazole rings is 1. The molecule has 0 bridgehead atoms. The van der Waals surface area contributed by atoms with Gasteiger partial charge in [0.25, 0.3) is 0 Å². The molecule has 0 spiro atoms. The molecule has 1 unspecified atom stereocenters. The third-order valence-corrected chi connectivity index (χ3v) is 7.92. The molecule has 1 aromatic heterocycles. The lowest BCUT2D eigenvalue weighted by atomic mass is 9.97. The van der Waals surface area contributed by atoms with Gasteiger partial charge in [-0.05, 0) is 75.1 Å². The van der Waals surface area contributed by atoms with Crippen LogP contribution < -0.4 is 21.1 Å². The van der Waals surface area contributed by atoms with Crippen LogP contribution in [0.4, 0.5) is 5.82 Å². The van der Waals surface area contributed by atoms with Crippen molar-refractivity contribution >= 4 is 23.5 Å². The van der Waals surface area contributed by atoms with Crippen molar-refractivity contribution in [2.24, 2.45) is 11.7 Å². The molecular formula is C33H44N6O4. The summed E-state index contributed by atoms with van der Waals surface area (Å²) in [6, 6.07) is 15.9. The highest BCUT2D eigenvalue weighted by Gasteiger charge is 2.31. The van der Waals surface area contributed by atoms with E-state index in [1.54, 1.807) is 38.0 Å². The summed E-state index contributed by atoms with van der Waals surface area (Å²) in [6.45, 7) is 6.81. The summed E-state index contributed by atoms with van der Waals surface area (Å²) >= 11 is 0. The molecule has 3 amide bonds. The lowest BCUT2D eigenvalue weighted by molar-refractivity contribution is -0.135. The van der Waals surface area contributed by atoms with Crippen LogP contribution in [0.3, 0.4) is 0 Å². The van der Waals surface area contributed by atoms with Gasteiger partial charge in [0.05, 0.1) is 19.0 Å². The monoisotopic (exact) mass is 588 g/mol. The van der Waals surface area contributed by atoms with Gasteiger partial charge in [-0.3, -0.25) is 14.4 Å². The summed E-state index contributed by atoms with van der Waals surface area (Å²) in [5.74, 6) is 0.736. The fourth-order valence-electron chi connectivity index (χ4n) is 5.15. The summed E-state index contributed by atoms with van der Waals surface area (Å²) in [5, 5.41) is 5.66. The van der Waals surface area contributed by atoms with Crippen molar-refractivity contribution in [2.75, 3.05) is 25.5 Å². The predicted octanol–water partition coefficient (Wildman–Crippen LogP) is 3.92. The van der Waals surface area contributed by atoms with E-state index in [1.807, 2.05) is 59.5 Å². The van der Waals surface area contributed by atoms with Gasteiger partial charge >= 0.3 is 0 Å². The van der Waals surface area contributed by atoms with E-state index in [2.05, 4.69) is 22.5 Å². The third kappa shape index (κ3) is 8.67. The fraction of sp³-hybridized carbons (Fsp3) is 0.455. The summed E-state index contributed by atoms with van der Waals surface area (Å²) in [4.78, 5) is 46.3. The molecule has 1 fully saturated rings. The quantitative estimate of drug-likeness (QED) is 0.294. The largest absolute Gasteiger partial charge is 0.497 e. The number of carbonyl (C=O) groups is 3. The zero-order valence-corrected chi connectivity index (χ0v) is 25.6. The number of aryl methyl sites for hydroxylation is 1. The Balaban J connectivity index is 1.52. The van der Waals surface area contributed by atoms with Gasteiger partial charge in [0.15, 0.2) is 5.82 Å². The van der Waals surface area contributed by atoms with E-state index < -0.39 is 29.4 Å². The van der Waals surface area contributed by atoms with Crippen LogP contribution in [0.15, 0.2) is 67.1 Å². The molecule has 2 atom stereocenters. The Bertz CT molecular complexity index is 1360. The SMILES string of the molecule is COc1ccc(C(C(=O)N2CCC(C)CC2)n2cnc(NC(=O)[C@@H](CCCc3ccccc3)NC(=O)C(C)(C)N)c2)cc1. The molecule has 0 radical (unpaired) electrons. The van der Waals surface area contributed by atoms with E-state index in [9.17, 15) is 14.4 Å². The van der Waals surface area contributed by atoms with Crippen LogP contribution in [0.1, 0.15) is 63.6 Å². The van der Waals surface area contributed by atoms with E-state index >= 15 is 0 Å². The molecule has 10 heteroatoms. The number of nitrogens with zero attached hydrogens (tertiary/aromatic N) is 3. The number of hydrogen-bond donors (Lipinski definition) is 3. The molecule has 2 aromatic carbocycles. The van der Waals surface area contributed by atoms with E-state index in [0.29, 0.717) is 37.6 Å². The molecule has 10 nitrogen and oxygen atoms in total. The highest BCUT2D eigenvalue weighted by molar-refractivity contribution is 5.98. The first-order valence-electron chi connectivity index (χ1n) is 15.0. The number of anilines is 1. The molecule has 1 aliphatic heterocycles. The minimum Gasteiger partial charge on any atom is -0.497 e. The maximum absolute atomic E-state index is 13.8. The van der Waals surface area contributed by atoms with Gasteiger partial charge < -0.3 is 30.6 Å². The molecule has 1 aliphatic rings. The van der Waals surface area contributed by atoms with E-state index in [4.69, 9.17) is 10.5 Å². The van der Waals surface area contributed by atoms with Crippen LogP contribution in [0.5, 0.6) is 5.75 Å². The zero-order chi connectivity index (χ0) is 31.0. The second-order valence-corrected chi connectivity index (χ2v) is 12.0. The molecule has 4 N–H and O–H groups in total. The van der Waals surface area contributed by atoms with Crippen molar-refractivity contribution in [1.29, 1.82) is 0 Å². The minimum atomic E-state index is -1.14. The Morgan fingerprint density at radius 2 is 1.74 bits per heavy atom. The Morgan fingerprint density at radius 1 is 1.07 bits per heavy atom. The molecule has 3 aromatic rings. The van der Waals surface area contributed by atoms with Gasteiger partial charge in [-0.2, -0.15) is 0 Å². The highest BCUT2D eigenvalue weighted by Crippen LogP contribution is 2.27. The Hall–Kier alpha value is -4.18. The Labute approximate surface area is 254 Å². The van der Waals surface area contributed by atoms with Gasteiger partial charge in [-0.1, -0.05) is 49.4 Å². The number of likely N-dealkylation sites (tertiary alicyclic amines) is 1. The first-order chi connectivity index (χ1) is 20.5. The molecule has 0 saturated carbocycles. The summed E-state index contributed by atoms with van der Waals surface area (Å²) < 4.78 is 7.04. The van der Waals surface area contributed by atoms with Crippen LogP contribution in [-0.2, 0) is 20.8 Å². The van der Waals surface area contributed by atoms with Crippen LogP contribution >= 0.6 is 0 Å². The number of aromatic nitrogens is 2. The van der Waals surface area contributed by atoms with Gasteiger partial charge in [0, 0.05) is 19.3 Å². The van der Waals surface area contributed by atoms with Crippen molar-refractivity contribution in [3.05, 3.63) is 78.2 Å². The van der Waals surface area contributed by atoms with Crippen molar-refractivity contribution in [2.45, 2.75) is 70.5 Å². The number of benzene rings is 2. The second-order valence-electron chi connectivity index (χ2n) is 12.0. The molecule has 4 rings (SSSR count). The standard InChI is InChI=1S/C33H44N6O4/c1-23-17-19-38(20-18-23)31(41)29(25-13-15-26(43-4)16-14-25)39-21-28(35-22-39)37-30(40)27(36-32(42)33(2,3)34)12-8-11-24-9-6-5-7-10-24/h5-7,9-10,13-16,21-23,27,29H,8,11-12,17-20,34H2,1-4H3,(H,36,42)(H,37,40)/t27-,29?/m1/s1. The molecule has 1 saturated heterocycles. The number of piperidine rings is 1. The number of hydrogen-bond acceptors (Lipinski definition) is 6. The van der Waals surface area contributed by atoms with Crippen LogP contribution in [0.2, 0.25) is 0 Å². The average molecular weight is 589 g/mol. The summed E-state index contributed by atoms with van der Waals surface area (Å²) in [5.41, 5.74) is 6.81. The maximum Gasteiger partial charge on any atom is 0.250 e. The topological polar surface area (TPSA) is 132 Å². The Morgan fingerprint density at radius 3 is 2.37 bits per heavy atom. The number of nitrogens with one attached hydrogen (secondary N) is 2. The number of carbonyl (C=O) groups excluding carboxylic acids is 3. The first kappa shape index (κ1) is 31.7. The van der Waals surface area contributed by atoms with E-state index in [0.717, 1.165) is 30.4 Å². The normalized spacial score (nSPS) is 15.4. The molecule has 2 heterocycles. The summed E-state index contributed by atoms with van der Waals surface area (Å²) in [7, 11) is 1.60. The minimum absolute atomic E-state index is 0.0245. The van der Waals surface area contributed by atoms with Crippen molar-refractivity contribution < 1.29 is 19.1 Å². The molecular weight excluding hydrogens is 544 g/mol. The molecule has 43 heavy (non-hydrogen) atoms. The van der Waals surface area contributed by atoms with E-state index in [-0.39, 0.29) is 11.7 Å². The first-order valence-corrected chi connectivity index (χ1v) is 15.0. The average Bonchev–Trinajstić information content (AvgIpc) is 3.45. The van der Waals surface area contributed by atoms with Crippen molar-refractivity contribution in [3.8, 4) is 5.75 Å². The van der Waals surface area contributed by atoms with Crippen molar-refractivity contribution in [1.82, 2.24) is 19.8 Å². The number of methoxy groups -OCH3 is 1. The van der Waals surface area contributed by atoms with Gasteiger partial charge in [-0.25, -0.2) is 4.98 Å². The predicted molar refractivity (Wildman–Crippen MR) is 167 cm³/mol. The van der Waals surface area contributed by atoms with Gasteiger partial charge in [0.2, 0.25) is 17.7 Å². The highest BCUT2D eigenvalue weighted by atomic mass is 16.5. The van der Waals surface area contributed by atoms with Crippen molar-refractivity contribution in [3.63, 3.8) is 0 Å². The van der Waals surface area contributed by atoms with Gasteiger partial charge in [-0.15, -0.1) is 0 Å². The van der Waals surface area contributed by atoms with E-state index in [1.165, 1.54) is 0 Å². The lowest BCUT2D eigenvalue weighted by Gasteiger charge is -2.33. The third-order valence-electron chi connectivity index (χ3n) is 7.92. The number of amides is 3. The second kappa shape index (κ2) is 14.3.